The molecule has 3 atom stereocenters. The van der Waals surface area contributed by atoms with Crippen molar-refractivity contribution in [3.8, 4) is 0 Å². The Kier molecular flexibility index (Phi) is 3.45. The molecule has 98 valence electrons. The maximum atomic E-state index is 6.45. The van der Waals surface area contributed by atoms with E-state index in [4.69, 9.17) is 10.5 Å². The summed E-state index contributed by atoms with van der Waals surface area (Å²) in [6, 6.07) is 0.477. The van der Waals surface area contributed by atoms with Gasteiger partial charge in [-0.2, -0.15) is 0 Å². The van der Waals surface area contributed by atoms with Crippen LogP contribution in [0.1, 0.15) is 70.6 Å². The Morgan fingerprint density at radius 1 is 1.00 bits per heavy atom. The normalized spacial score (nSPS) is 41.1. The van der Waals surface area contributed by atoms with Crippen molar-refractivity contribution in [1.29, 1.82) is 0 Å². The minimum atomic E-state index is 0.309. The zero-order chi connectivity index (χ0) is 11.7. The molecular weight excluding hydrogens is 210 g/mol. The molecule has 2 saturated carbocycles. The van der Waals surface area contributed by atoms with Crippen LogP contribution in [0.2, 0.25) is 0 Å². The molecular formula is C15H27NO. The lowest BCUT2D eigenvalue weighted by Crippen LogP contribution is -2.32. The molecule has 3 fully saturated rings. The van der Waals surface area contributed by atoms with E-state index in [0.717, 1.165) is 5.92 Å². The topological polar surface area (TPSA) is 35.2 Å². The highest BCUT2D eigenvalue weighted by Gasteiger charge is 2.41. The highest BCUT2D eigenvalue weighted by atomic mass is 16.5. The van der Waals surface area contributed by atoms with E-state index < -0.39 is 0 Å². The molecule has 3 rings (SSSR count). The fraction of sp³-hybridized carbons (Fsp3) is 1.00. The Bertz CT molecular complexity index is 260. The smallest absolute Gasteiger partial charge is 0.0687 e. The van der Waals surface area contributed by atoms with E-state index in [1.807, 2.05) is 0 Å². The number of hydrogen-bond donors (Lipinski definition) is 1. The zero-order valence-electron chi connectivity index (χ0n) is 11.0. The predicted octanol–water partition coefficient (Wildman–Crippen LogP) is 3.39. The molecule has 0 bridgehead atoms. The Labute approximate surface area is 105 Å². The van der Waals surface area contributed by atoms with E-state index in [-0.39, 0.29) is 0 Å². The van der Waals surface area contributed by atoms with Crippen molar-refractivity contribution in [2.45, 2.75) is 88.4 Å². The quantitative estimate of drug-likeness (QED) is 0.799. The second-order valence-corrected chi connectivity index (χ2v) is 6.70. The number of rotatable bonds is 2. The van der Waals surface area contributed by atoms with Crippen LogP contribution in [0.5, 0.6) is 0 Å². The average molecular weight is 237 g/mol. The maximum Gasteiger partial charge on any atom is 0.0687 e. The third-order valence-corrected chi connectivity index (χ3v) is 5.28. The highest BCUT2D eigenvalue weighted by Crippen LogP contribution is 2.44. The minimum absolute atomic E-state index is 0.309. The van der Waals surface area contributed by atoms with E-state index in [0.29, 0.717) is 17.7 Å². The summed E-state index contributed by atoms with van der Waals surface area (Å²) in [5, 5.41) is 0. The van der Waals surface area contributed by atoms with Gasteiger partial charge in [0.2, 0.25) is 0 Å². The first-order chi connectivity index (χ1) is 8.26. The summed E-state index contributed by atoms with van der Waals surface area (Å²) in [6.45, 7) is 0. The Morgan fingerprint density at radius 3 is 2.53 bits per heavy atom. The second kappa shape index (κ2) is 4.89. The fourth-order valence-corrected chi connectivity index (χ4v) is 4.32. The van der Waals surface area contributed by atoms with Crippen molar-refractivity contribution in [2.75, 3.05) is 0 Å². The van der Waals surface area contributed by atoms with Gasteiger partial charge in [-0.15, -0.1) is 0 Å². The fourth-order valence-electron chi connectivity index (χ4n) is 4.32. The molecule has 0 aromatic rings. The molecule has 2 aliphatic carbocycles. The van der Waals surface area contributed by atoms with Crippen LogP contribution in [0.25, 0.3) is 0 Å². The van der Waals surface area contributed by atoms with Gasteiger partial charge in [-0.25, -0.2) is 0 Å². The predicted molar refractivity (Wildman–Crippen MR) is 69.9 cm³/mol. The summed E-state index contributed by atoms with van der Waals surface area (Å²) in [5.74, 6) is 0.855. The van der Waals surface area contributed by atoms with Crippen molar-refractivity contribution < 1.29 is 4.74 Å². The summed E-state index contributed by atoms with van der Waals surface area (Å²) >= 11 is 0. The zero-order valence-corrected chi connectivity index (χ0v) is 11.0. The van der Waals surface area contributed by atoms with Crippen LogP contribution in [0, 0.1) is 5.92 Å². The molecule has 3 unspecified atom stereocenters. The van der Waals surface area contributed by atoms with Crippen LogP contribution in [0.4, 0.5) is 0 Å². The summed E-state index contributed by atoms with van der Waals surface area (Å²) in [7, 11) is 0. The van der Waals surface area contributed by atoms with Gasteiger partial charge in [0.15, 0.2) is 0 Å². The van der Waals surface area contributed by atoms with E-state index in [9.17, 15) is 0 Å². The molecule has 0 radical (unpaired) electrons. The number of ether oxygens (including phenoxy) is 1. The molecule has 0 aromatic carbocycles. The van der Waals surface area contributed by atoms with Gasteiger partial charge in [-0.3, -0.25) is 0 Å². The molecule has 1 spiro atoms. The molecule has 1 aliphatic heterocycles. The van der Waals surface area contributed by atoms with E-state index in [1.54, 1.807) is 0 Å². The van der Waals surface area contributed by atoms with Crippen LogP contribution < -0.4 is 5.73 Å². The molecule has 2 heteroatoms. The Morgan fingerprint density at radius 2 is 1.82 bits per heavy atom. The van der Waals surface area contributed by atoms with Gasteiger partial charge in [0.25, 0.3) is 0 Å². The van der Waals surface area contributed by atoms with Crippen LogP contribution in [0.15, 0.2) is 0 Å². The maximum absolute atomic E-state index is 6.45. The standard InChI is InChI=1S/C15H27NO/c16-13-5-4-12(10-13)11-14-6-9-15(17-14)7-2-1-3-8-15/h12-14H,1-11,16H2. The molecule has 1 saturated heterocycles. The van der Waals surface area contributed by atoms with E-state index in [1.165, 1.54) is 70.6 Å². The molecule has 2 N–H and O–H groups in total. The summed E-state index contributed by atoms with van der Waals surface area (Å²) < 4.78 is 6.45. The lowest BCUT2D eigenvalue weighted by molar-refractivity contribution is -0.0696. The first-order valence-electron chi connectivity index (χ1n) is 7.69. The van der Waals surface area contributed by atoms with E-state index >= 15 is 0 Å². The lowest BCUT2D eigenvalue weighted by atomic mass is 9.83. The number of nitrogens with two attached hydrogens (primary N) is 1. The van der Waals surface area contributed by atoms with Crippen molar-refractivity contribution >= 4 is 0 Å². The van der Waals surface area contributed by atoms with Crippen LogP contribution in [-0.2, 0) is 4.74 Å². The van der Waals surface area contributed by atoms with Gasteiger partial charge < -0.3 is 10.5 Å². The van der Waals surface area contributed by atoms with Gasteiger partial charge >= 0.3 is 0 Å². The Hall–Kier alpha value is -0.0800. The minimum Gasteiger partial charge on any atom is -0.372 e. The van der Waals surface area contributed by atoms with Crippen LogP contribution in [0.3, 0.4) is 0 Å². The van der Waals surface area contributed by atoms with Gasteiger partial charge in [-0.1, -0.05) is 19.3 Å². The number of hydrogen-bond acceptors (Lipinski definition) is 2. The second-order valence-electron chi connectivity index (χ2n) is 6.70. The van der Waals surface area contributed by atoms with Crippen LogP contribution >= 0.6 is 0 Å². The van der Waals surface area contributed by atoms with Gasteiger partial charge in [0, 0.05) is 6.04 Å². The SMILES string of the molecule is NC1CCC(CC2CCC3(CCCCC3)O2)C1. The van der Waals surface area contributed by atoms with Crippen molar-refractivity contribution in [2.24, 2.45) is 11.7 Å². The van der Waals surface area contributed by atoms with Gasteiger partial charge in [0.1, 0.15) is 0 Å². The van der Waals surface area contributed by atoms with Crippen molar-refractivity contribution in [3.05, 3.63) is 0 Å². The third kappa shape index (κ3) is 2.68. The lowest BCUT2D eigenvalue weighted by Gasteiger charge is -2.33. The summed E-state index contributed by atoms with van der Waals surface area (Å²) in [5.41, 5.74) is 6.30. The van der Waals surface area contributed by atoms with Gasteiger partial charge in [0.05, 0.1) is 11.7 Å². The van der Waals surface area contributed by atoms with Crippen LogP contribution in [-0.4, -0.2) is 17.7 Å². The molecule has 1 heterocycles. The molecule has 17 heavy (non-hydrogen) atoms. The van der Waals surface area contributed by atoms with E-state index in [2.05, 4.69) is 0 Å². The monoisotopic (exact) mass is 237 g/mol. The highest BCUT2D eigenvalue weighted by molar-refractivity contribution is 4.92. The summed E-state index contributed by atoms with van der Waals surface area (Å²) in [4.78, 5) is 0. The van der Waals surface area contributed by atoms with Crippen molar-refractivity contribution in [3.63, 3.8) is 0 Å². The first-order valence-corrected chi connectivity index (χ1v) is 7.69. The molecule has 0 amide bonds. The van der Waals surface area contributed by atoms with Crippen molar-refractivity contribution in [1.82, 2.24) is 0 Å². The summed E-state index contributed by atoms with van der Waals surface area (Å²) in [6.07, 6.45) is 15.2. The average Bonchev–Trinajstić information content (AvgIpc) is 2.89. The molecule has 0 aromatic heterocycles. The molecule has 3 aliphatic rings. The molecule has 2 nitrogen and oxygen atoms in total. The van der Waals surface area contributed by atoms with Gasteiger partial charge in [-0.05, 0) is 57.3 Å². The first kappa shape index (κ1) is 12.0. The third-order valence-electron chi connectivity index (χ3n) is 5.28. The largest absolute Gasteiger partial charge is 0.372 e. The Balaban J connectivity index is 1.50.